The van der Waals surface area contributed by atoms with Crippen molar-refractivity contribution in [3.63, 3.8) is 0 Å². The SMILES string of the molecule is [2H]c1c([2H])c([2H])c(-c2nc3ccccc3n2-c2ccccc2-c2c3ccccc3c(-c3ccc4sc5ccccc5c4c3)c3ccccc23)c([2H])c1[2H]. The van der Waals surface area contributed by atoms with Crippen LogP contribution in [0.1, 0.15) is 6.85 Å². The van der Waals surface area contributed by atoms with Gasteiger partial charge in [0.1, 0.15) is 5.82 Å². The molecule has 0 radical (unpaired) electrons. The van der Waals surface area contributed by atoms with Gasteiger partial charge in [0, 0.05) is 31.3 Å². The topological polar surface area (TPSA) is 17.8 Å². The Labute approximate surface area is 288 Å². The number of hydrogen-bond donors (Lipinski definition) is 0. The molecule has 2 nitrogen and oxygen atoms in total. The molecule has 8 aromatic carbocycles. The average Bonchev–Trinajstić information content (AvgIpc) is 3.76. The molecule has 0 saturated carbocycles. The molecule has 0 bridgehead atoms. The summed E-state index contributed by atoms with van der Waals surface area (Å²) < 4.78 is 47.5. The van der Waals surface area contributed by atoms with E-state index in [-0.39, 0.29) is 23.5 Å². The van der Waals surface area contributed by atoms with E-state index in [2.05, 4.69) is 97.1 Å². The van der Waals surface area contributed by atoms with E-state index in [4.69, 9.17) is 11.8 Å². The molecular formula is C45H28N2S. The number of nitrogens with zero attached hydrogens (tertiary/aromatic N) is 2. The van der Waals surface area contributed by atoms with E-state index in [1.807, 2.05) is 58.4 Å². The maximum Gasteiger partial charge on any atom is 0.145 e. The summed E-state index contributed by atoms with van der Waals surface area (Å²) >= 11 is 1.82. The van der Waals surface area contributed by atoms with E-state index in [1.165, 1.54) is 25.7 Å². The zero-order valence-electron chi connectivity index (χ0n) is 30.6. The van der Waals surface area contributed by atoms with Crippen molar-refractivity contribution in [2.24, 2.45) is 0 Å². The first-order valence-electron chi connectivity index (χ1n) is 18.4. The van der Waals surface area contributed by atoms with Gasteiger partial charge in [-0.3, -0.25) is 4.57 Å². The van der Waals surface area contributed by atoms with Crippen molar-refractivity contribution in [1.82, 2.24) is 9.55 Å². The maximum atomic E-state index is 8.90. The largest absolute Gasteiger partial charge is 0.292 e. The van der Waals surface area contributed by atoms with Crippen LogP contribution in [-0.4, -0.2) is 9.55 Å². The number of hydrogen-bond acceptors (Lipinski definition) is 2. The fourth-order valence-corrected chi connectivity index (χ4v) is 8.38. The summed E-state index contributed by atoms with van der Waals surface area (Å²) in [7, 11) is 0. The zero-order chi connectivity index (χ0) is 36.0. The van der Waals surface area contributed by atoms with E-state index in [1.54, 1.807) is 0 Å². The average molecular weight is 634 g/mol. The second-order valence-electron chi connectivity index (χ2n) is 11.9. The van der Waals surface area contributed by atoms with Crippen LogP contribution >= 0.6 is 11.3 Å². The second kappa shape index (κ2) is 10.8. The molecule has 0 spiro atoms. The summed E-state index contributed by atoms with van der Waals surface area (Å²) in [4.78, 5) is 4.94. The van der Waals surface area contributed by atoms with E-state index in [9.17, 15) is 0 Å². The van der Waals surface area contributed by atoms with Gasteiger partial charge in [-0.25, -0.2) is 4.98 Å². The fourth-order valence-electron chi connectivity index (χ4n) is 7.29. The molecule has 10 aromatic rings. The van der Waals surface area contributed by atoms with Crippen molar-refractivity contribution in [2.75, 3.05) is 0 Å². The molecule has 224 valence electrons. The van der Waals surface area contributed by atoms with Gasteiger partial charge in [0.25, 0.3) is 0 Å². The van der Waals surface area contributed by atoms with Crippen molar-refractivity contribution in [1.29, 1.82) is 0 Å². The lowest BCUT2D eigenvalue weighted by atomic mass is 9.85. The van der Waals surface area contributed by atoms with Gasteiger partial charge in [-0.05, 0) is 74.6 Å². The van der Waals surface area contributed by atoms with Gasteiger partial charge in [-0.2, -0.15) is 0 Å². The molecule has 0 aliphatic carbocycles. The van der Waals surface area contributed by atoms with Crippen molar-refractivity contribution in [3.05, 3.63) is 170 Å². The first-order valence-corrected chi connectivity index (χ1v) is 16.7. The van der Waals surface area contributed by atoms with Gasteiger partial charge in [-0.15, -0.1) is 11.3 Å². The Morgan fingerprint density at radius 3 is 1.88 bits per heavy atom. The summed E-state index contributed by atoms with van der Waals surface area (Å²) in [5.41, 5.74) is 6.57. The molecule has 0 fully saturated rings. The summed E-state index contributed by atoms with van der Waals surface area (Å²) in [5, 5.41) is 6.91. The molecule has 2 heterocycles. The Kier molecular flexibility index (Phi) is 5.04. The van der Waals surface area contributed by atoms with Crippen molar-refractivity contribution in [2.45, 2.75) is 0 Å². The summed E-state index contributed by atoms with van der Waals surface area (Å²) in [6.45, 7) is 0. The third kappa shape index (κ3) is 4.08. The predicted octanol–water partition coefficient (Wildman–Crippen LogP) is 12.7. The first-order chi connectivity index (χ1) is 25.9. The molecular weight excluding hydrogens is 601 g/mol. The molecule has 0 atom stereocenters. The Morgan fingerprint density at radius 1 is 0.500 bits per heavy atom. The highest BCUT2D eigenvalue weighted by Crippen LogP contribution is 2.47. The van der Waals surface area contributed by atoms with Crippen LogP contribution in [0.5, 0.6) is 0 Å². The van der Waals surface area contributed by atoms with Gasteiger partial charge in [0.2, 0.25) is 0 Å². The fraction of sp³-hybridized carbons (Fsp3) is 0. The van der Waals surface area contributed by atoms with Crippen molar-refractivity contribution < 1.29 is 6.85 Å². The number of rotatable bonds is 4. The van der Waals surface area contributed by atoms with Crippen LogP contribution in [-0.2, 0) is 0 Å². The van der Waals surface area contributed by atoms with Crippen LogP contribution in [0.2, 0.25) is 0 Å². The highest BCUT2D eigenvalue weighted by atomic mass is 32.1. The van der Waals surface area contributed by atoms with Gasteiger partial charge >= 0.3 is 0 Å². The third-order valence-electron chi connectivity index (χ3n) is 9.30. The molecule has 0 unspecified atom stereocenters. The van der Waals surface area contributed by atoms with Crippen LogP contribution < -0.4 is 0 Å². The highest BCUT2D eigenvalue weighted by Gasteiger charge is 2.22. The number of para-hydroxylation sites is 3. The highest BCUT2D eigenvalue weighted by molar-refractivity contribution is 7.25. The van der Waals surface area contributed by atoms with Gasteiger partial charge in [0.15, 0.2) is 0 Å². The number of aromatic nitrogens is 2. The Balaban J connectivity index is 1.30. The molecule has 10 rings (SSSR count). The minimum absolute atomic E-state index is 0.0587. The lowest BCUT2D eigenvalue weighted by molar-refractivity contribution is 1.10. The minimum atomic E-state index is -0.434. The normalized spacial score (nSPS) is 13.2. The van der Waals surface area contributed by atoms with Gasteiger partial charge in [0.05, 0.1) is 23.6 Å². The van der Waals surface area contributed by atoms with E-state index in [0.29, 0.717) is 5.52 Å². The van der Waals surface area contributed by atoms with Crippen LogP contribution in [0.25, 0.3) is 92.1 Å². The monoisotopic (exact) mass is 633 g/mol. The van der Waals surface area contributed by atoms with Gasteiger partial charge < -0.3 is 0 Å². The van der Waals surface area contributed by atoms with Crippen LogP contribution in [0, 0.1) is 0 Å². The number of fused-ring (bicyclic) bond motifs is 6. The second-order valence-corrected chi connectivity index (χ2v) is 13.0. The summed E-state index contributed by atoms with van der Waals surface area (Å²) in [5.74, 6) is 0.289. The predicted molar refractivity (Wildman–Crippen MR) is 205 cm³/mol. The zero-order valence-corrected chi connectivity index (χ0v) is 26.4. The lowest BCUT2D eigenvalue weighted by Crippen LogP contribution is -2.01. The van der Waals surface area contributed by atoms with Crippen LogP contribution in [0.3, 0.4) is 0 Å². The molecule has 3 heteroatoms. The lowest BCUT2D eigenvalue weighted by Gasteiger charge is -2.21. The number of imidazole rings is 1. The molecule has 0 N–H and O–H groups in total. The molecule has 0 saturated heterocycles. The summed E-state index contributed by atoms with van der Waals surface area (Å²) in [6.07, 6.45) is 0. The molecule has 2 aromatic heterocycles. The quantitative estimate of drug-likeness (QED) is 0.176. The third-order valence-corrected chi connectivity index (χ3v) is 10.4. The van der Waals surface area contributed by atoms with Gasteiger partial charge in [-0.1, -0.05) is 133 Å². The van der Waals surface area contributed by atoms with Crippen LogP contribution in [0.4, 0.5) is 0 Å². The van der Waals surface area contributed by atoms with E-state index < -0.39 is 18.1 Å². The number of benzene rings is 8. The Bertz CT molecular complexity index is 3060. The van der Waals surface area contributed by atoms with Crippen molar-refractivity contribution >= 4 is 64.1 Å². The number of thiophene rings is 1. The van der Waals surface area contributed by atoms with Crippen molar-refractivity contribution in [3.8, 4) is 39.3 Å². The molecule has 0 amide bonds. The maximum absolute atomic E-state index is 8.90. The first kappa shape index (κ1) is 22.5. The Morgan fingerprint density at radius 2 is 1.10 bits per heavy atom. The van der Waals surface area contributed by atoms with Crippen LogP contribution in [0.15, 0.2) is 170 Å². The molecule has 0 aliphatic rings. The minimum Gasteiger partial charge on any atom is -0.292 e. The van der Waals surface area contributed by atoms with E-state index in [0.717, 1.165) is 49.4 Å². The standard InChI is InChI=1S/C45H28N2S/c1-2-14-29(15-3-1)45-46-38-22-10-12-24-40(38)47(45)39-23-11-8-21-36(39)44-34-19-6-4-17-32(34)43(33-18-5-7-20-35(33)44)30-26-27-42-37(28-30)31-16-9-13-25-41(31)48-42/h1-28H/i1D,2D,3D,14D,15D. The molecule has 48 heavy (non-hydrogen) atoms. The Hall–Kier alpha value is -6.03. The van der Waals surface area contributed by atoms with E-state index >= 15 is 0 Å². The summed E-state index contributed by atoms with van der Waals surface area (Å²) in [6, 6.07) is 46.5. The molecule has 0 aliphatic heterocycles. The smallest absolute Gasteiger partial charge is 0.145 e.